The maximum atomic E-state index is 5.43. The highest BCUT2D eigenvalue weighted by molar-refractivity contribution is 7.80. The molecule has 1 aliphatic carbocycles. The van der Waals surface area contributed by atoms with Crippen LogP contribution in [0.15, 0.2) is 24.3 Å². The van der Waals surface area contributed by atoms with Crippen LogP contribution in [0.5, 0.6) is 0 Å². The van der Waals surface area contributed by atoms with E-state index in [0.29, 0.717) is 12.0 Å². The lowest BCUT2D eigenvalue weighted by Gasteiger charge is -2.35. The molecule has 2 nitrogen and oxygen atoms in total. The Bertz CT molecular complexity index is 444. The molecule has 3 atom stereocenters. The van der Waals surface area contributed by atoms with Gasteiger partial charge >= 0.3 is 0 Å². The molecule has 19 heavy (non-hydrogen) atoms. The van der Waals surface area contributed by atoms with Gasteiger partial charge in [0.15, 0.2) is 5.11 Å². The minimum absolute atomic E-state index is 0.508. The zero-order chi connectivity index (χ0) is 13.8. The maximum absolute atomic E-state index is 5.43. The van der Waals surface area contributed by atoms with Crippen LogP contribution in [0.1, 0.15) is 38.7 Å². The zero-order valence-electron chi connectivity index (χ0n) is 12.1. The Balaban J connectivity index is 1.90. The number of thiocarbonyl (C=S) groups is 1. The normalized spacial score (nSPS) is 26.8. The van der Waals surface area contributed by atoms with Crippen molar-refractivity contribution in [2.45, 2.75) is 46.1 Å². The molecule has 0 aromatic heterocycles. The predicted molar refractivity (Wildman–Crippen MR) is 86.5 cm³/mol. The van der Waals surface area contributed by atoms with Crippen LogP contribution in [-0.2, 0) is 0 Å². The first kappa shape index (κ1) is 14.3. The quantitative estimate of drug-likeness (QED) is 0.795. The summed E-state index contributed by atoms with van der Waals surface area (Å²) < 4.78 is 0. The molecule has 0 radical (unpaired) electrons. The van der Waals surface area contributed by atoms with Crippen LogP contribution in [0.25, 0.3) is 0 Å². The van der Waals surface area contributed by atoms with E-state index in [-0.39, 0.29) is 0 Å². The Morgan fingerprint density at radius 1 is 1.26 bits per heavy atom. The molecule has 2 N–H and O–H groups in total. The molecule has 0 bridgehead atoms. The molecule has 0 amide bonds. The van der Waals surface area contributed by atoms with E-state index in [1.165, 1.54) is 24.8 Å². The average molecular weight is 276 g/mol. The molecule has 104 valence electrons. The van der Waals surface area contributed by atoms with Crippen molar-refractivity contribution >= 4 is 23.0 Å². The lowest BCUT2D eigenvalue weighted by atomic mass is 9.78. The van der Waals surface area contributed by atoms with Crippen LogP contribution in [0.4, 0.5) is 5.69 Å². The van der Waals surface area contributed by atoms with Crippen LogP contribution >= 0.6 is 12.2 Å². The fourth-order valence-corrected chi connectivity index (χ4v) is 3.11. The van der Waals surface area contributed by atoms with Crippen molar-refractivity contribution in [2.75, 3.05) is 5.32 Å². The molecule has 0 spiro atoms. The van der Waals surface area contributed by atoms with Gasteiger partial charge in [-0.1, -0.05) is 38.8 Å². The second-order valence-electron chi connectivity index (χ2n) is 5.84. The van der Waals surface area contributed by atoms with E-state index >= 15 is 0 Å². The molecule has 0 aliphatic heterocycles. The molecule has 1 saturated carbocycles. The number of anilines is 1. The summed E-state index contributed by atoms with van der Waals surface area (Å²) in [5, 5.41) is 7.52. The van der Waals surface area contributed by atoms with E-state index in [4.69, 9.17) is 12.2 Å². The van der Waals surface area contributed by atoms with Gasteiger partial charge in [-0.15, -0.1) is 0 Å². The zero-order valence-corrected chi connectivity index (χ0v) is 12.9. The molecular weight excluding hydrogens is 252 g/mol. The van der Waals surface area contributed by atoms with Crippen LogP contribution < -0.4 is 10.6 Å². The molecule has 3 heteroatoms. The number of hydrogen-bond donors (Lipinski definition) is 2. The Hall–Kier alpha value is -1.09. The molecule has 1 fully saturated rings. The second-order valence-corrected chi connectivity index (χ2v) is 6.25. The fraction of sp³-hybridized carbons (Fsp3) is 0.562. The second kappa shape index (κ2) is 6.38. The number of rotatable bonds is 2. The lowest BCUT2D eigenvalue weighted by Crippen LogP contribution is -2.45. The standard InChI is InChI=1S/C16H24N2S/c1-11-6-4-8-14(10-11)17-16(19)18-15-9-5-7-12(2)13(15)3/h4,6,8,10,12-13,15H,5,7,9H2,1-3H3,(H2,17,18,19). The molecule has 0 heterocycles. The summed E-state index contributed by atoms with van der Waals surface area (Å²) in [5.41, 5.74) is 2.31. The average Bonchev–Trinajstić information content (AvgIpc) is 2.35. The smallest absolute Gasteiger partial charge is 0.171 e. The van der Waals surface area contributed by atoms with Crippen LogP contribution in [0, 0.1) is 18.8 Å². The predicted octanol–water partition coefficient (Wildman–Crippen LogP) is 4.11. The summed E-state index contributed by atoms with van der Waals surface area (Å²) >= 11 is 5.43. The molecule has 3 unspecified atom stereocenters. The number of hydrogen-bond acceptors (Lipinski definition) is 1. The van der Waals surface area contributed by atoms with Gasteiger partial charge in [-0.05, 0) is 55.1 Å². The summed E-state index contributed by atoms with van der Waals surface area (Å²) in [6.45, 7) is 6.76. The minimum atomic E-state index is 0.508. The van der Waals surface area contributed by atoms with Gasteiger partial charge in [-0.3, -0.25) is 0 Å². The third kappa shape index (κ3) is 3.93. The van der Waals surface area contributed by atoms with Gasteiger partial charge in [0.25, 0.3) is 0 Å². The highest BCUT2D eigenvalue weighted by Gasteiger charge is 2.27. The van der Waals surface area contributed by atoms with Crippen LogP contribution in [0.3, 0.4) is 0 Å². The third-order valence-electron chi connectivity index (χ3n) is 4.30. The van der Waals surface area contributed by atoms with Crippen molar-refractivity contribution in [3.63, 3.8) is 0 Å². The summed E-state index contributed by atoms with van der Waals surface area (Å²) in [4.78, 5) is 0. The molecule has 1 aliphatic rings. The number of benzene rings is 1. The van der Waals surface area contributed by atoms with Gasteiger partial charge in [0.2, 0.25) is 0 Å². The minimum Gasteiger partial charge on any atom is -0.359 e. The molecule has 1 aromatic rings. The van der Waals surface area contributed by atoms with E-state index in [1.54, 1.807) is 0 Å². The van der Waals surface area contributed by atoms with E-state index in [1.807, 2.05) is 12.1 Å². The van der Waals surface area contributed by atoms with Crippen molar-refractivity contribution in [1.82, 2.24) is 5.32 Å². The first-order valence-corrected chi connectivity index (χ1v) is 7.61. The Morgan fingerprint density at radius 2 is 2.05 bits per heavy atom. The molecule has 2 rings (SSSR count). The number of nitrogens with one attached hydrogen (secondary N) is 2. The fourth-order valence-electron chi connectivity index (χ4n) is 2.84. The lowest BCUT2D eigenvalue weighted by molar-refractivity contribution is 0.225. The van der Waals surface area contributed by atoms with Gasteiger partial charge in [-0.2, -0.15) is 0 Å². The first-order valence-electron chi connectivity index (χ1n) is 7.20. The van der Waals surface area contributed by atoms with Gasteiger partial charge in [-0.25, -0.2) is 0 Å². The Labute approximate surface area is 122 Å². The third-order valence-corrected chi connectivity index (χ3v) is 4.52. The monoisotopic (exact) mass is 276 g/mol. The SMILES string of the molecule is Cc1cccc(NC(=S)NC2CCCC(C)C2C)c1. The highest BCUT2D eigenvalue weighted by Crippen LogP contribution is 2.29. The summed E-state index contributed by atoms with van der Waals surface area (Å²) in [6.07, 6.45) is 3.87. The van der Waals surface area contributed by atoms with Crippen molar-refractivity contribution in [1.29, 1.82) is 0 Å². The van der Waals surface area contributed by atoms with E-state index in [9.17, 15) is 0 Å². The van der Waals surface area contributed by atoms with E-state index < -0.39 is 0 Å². The van der Waals surface area contributed by atoms with Crippen molar-refractivity contribution in [3.8, 4) is 0 Å². The summed E-state index contributed by atoms with van der Waals surface area (Å²) in [6, 6.07) is 8.81. The van der Waals surface area contributed by atoms with Gasteiger partial charge in [0.05, 0.1) is 0 Å². The maximum Gasteiger partial charge on any atom is 0.171 e. The van der Waals surface area contributed by atoms with E-state index in [2.05, 4.69) is 43.5 Å². The largest absolute Gasteiger partial charge is 0.359 e. The van der Waals surface area contributed by atoms with Crippen LogP contribution in [-0.4, -0.2) is 11.2 Å². The molecular formula is C16H24N2S. The van der Waals surface area contributed by atoms with Crippen molar-refractivity contribution in [2.24, 2.45) is 11.8 Å². The topological polar surface area (TPSA) is 24.1 Å². The first-order chi connectivity index (χ1) is 9.06. The molecule has 1 aromatic carbocycles. The van der Waals surface area contributed by atoms with Gasteiger partial charge < -0.3 is 10.6 Å². The van der Waals surface area contributed by atoms with Gasteiger partial charge in [0, 0.05) is 11.7 Å². The number of aryl methyl sites for hydroxylation is 1. The van der Waals surface area contributed by atoms with Crippen molar-refractivity contribution in [3.05, 3.63) is 29.8 Å². The Kier molecular flexibility index (Phi) is 4.81. The van der Waals surface area contributed by atoms with Crippen molar-refractivity contribution < 1.29 is 0 Å². The summed E-state index contributed by atoms with van der Waals surface area (Å²) in [5.74, 6) is 1.47. The molecule has 0 saturated heterocycles. The Morgan fingerprint density at radius 3 is 2.79 bits per heavy atom. The van der Waals surface area contributed by atoms with Crippen LogP contribution in [0.2, 0.25) is 0 Å². The highest BCUT2D eigenvalue weighted by atomic mass is 32.1. The van der Waals surface area contributed by atoms with E-state index in [0.717, 1.165) is 16.7 Å². The summed E-state index contributed by atoms with van der Waals surface area (Å²) in [7, 11) is 0. The van der Waals surface area contributed by atoms with Gasteiger partial charge in [0.1, 0.15) is 0 Å².